The van der Waals surface area contributed by atoms with Crippen LogP contribution >= 0.6 is 0 Å². The molecule has 4 aliphatic rings. The predicted molar refractivity (Wildman–Crippen MR) is 124 cm³/mol. The number of rotatable bonds is 9. The lowest BCUT2D eigenvalue weighted by atomic mass is 9.54. The van der Waals surface area contributed by atoms with Gasteiger partial charge in [0.15, 0.2) is 0 Å². The van der Waals surface area contributed by atoms with E-state index < -0.39 is 6.10 Å². The van der Waals surface area contributed by atoms with Crippen LogP contribution in [0.25, 0.3) is 0 Å². The molecule has 1 atom stereocenters. The van der Waals surface area contributed by atoms with Crippen LogP contribution in [0, 0.1) is 23.7 Å². The molecule has 5 nitrogen and oxygen atoms in total. The third kappa shape index (κ3) is 4.84. The molecule has 4 bridgehead atoms. The summed E-state index contributed by atoms with van der Waals surface area (Å²) in [4.78, 5) is 12.7. The molecule has 4 saturated carbocycles. The minimum absolute atomic E-state index is 0.170. The number of para-hydroxylation sites is 1. The fourth-order valence-electron chi connectivity index (χ4n) is 6.43. The van der Waals surface area contributed by atoms with Crippen molar-refractivity contribution in [1.29, 1.82) is 0 Å². The molecule has 2 aromatic rings. The first-order chi connectivity index (χ1) is 15.7. The number of hydrogen-bond donors (Lipinski definition) is 3. The Bertz CT molecular complexity index is 888. The number of ether oxygens (including phenoxy) is 1. The Hall–Kier alpha value is -2.37. The van der Waals surface area contributed by atoms with Crippen LogP contribution in [0.3, 0.4) is 0 Å². The van der Waals surface area contributed by atoms with Crippen LogP contribution in [-0.4, -0.2) is 36.3 Å². The van der Waals surface area contributed by atoms with E-state index in [1.165, 1.54) is 32.1 Å². The van der Waals surface area contributed by atoms with E-state index in [9.17, 15) is 9.90 Å². The summed E-state index contributed by atoms with van der Waals surface area (Å²) in [5, 5.41) is 17.2. The number of nitrogens with one attached hydrogen (secondary N) is 2. The Kier molecular flexibility index (Phi) is 6.47. The van der Waals surface area contributed by atoms with Gasteiger partial charge < -0.3 is 20.5 Å². The van der Waals surface area contributed by atoms with Crippen molar-refractivity contribution >= 4 is 5.91 Å². The molecule has 0 radical (unpaired) electrons. The lowest BCUT2D eigenvalue weighted by Crippen LogP contribution is -2.55. The third-order valence-electron chi connectivity index (χ3n) is 7.67. The van der Waals surface area contributed by atoms with Crippen molar-refractivity contribution < 1.29 is 14.6 Å². The summed E-state index contributed by atoms with van der Waals surface area (Å²) in [6.45, 7) is 1.17. The summed E-state index contributed by atoms with van der Waals surface area (Å²) in [5.74, 6) is 3.81. The summed E-state index contributed by atoms with van der Waals surface area (Å²) in [5.41, 5.74) is 1.54. The standard InChI is InChI=1S/C27H34N2O3/c30-23(16-28-26-21-11-19-10-20(13-21)14-22(26)12-19)17-32-25-9-5-4-8-24(25)27(31)29-15-18-6-2-1-3-7-18/h1-9,19-23,26,28,30H,10-17H2,(H,29,31). The maximum Gasteiger partial charge on any atom is 0.255 e. The highest BCUT2D eigenvalue weighted by Gasteiger charge is 2.47. The van der Waals surface area contributed by atoms with Crippen LogP contribution in [0.4, 0.5) is 0 Å². The van der Waals surface area contributed by atoms with Crippen LogP contribution in [0.15, 0.2) is 54.6 Å². The van der Waals surface area contributed by atoms with Gasteiger partial charge in [0.2, 0.25) is 0 Å². The Morgan fingerprint density at radius 3 is 2.31 bits per heavy atom. The molecule has 1 amide bonds. The summed E-state index contributed by atoms with van der Waals surface area (Å²) in [6.07, 6.45) is 6.30. The van der Waals surface area contributed by atoms with Gasteiger partial charge in [0.1, 0.15) is 18.5 Å². The Balaban J connectivity index is 1.11. The number of aliphatic hydroxyl groups is 1. The molecule has 4 aliphatic carbocycles. The maximum atomic E-state index is 12.7. The molecule has 0 aliphatic heterocycles. The molecule has 5 heteroatoms. The van der Waals surface area contributed by atoms with Gasteiger partial charge in [-0.15, -0.1) is 0 Å². The topological polar surface area (TPSA) is 70.6 Å². The second-order valence-electron chi connectivity index (χ2n) is 9.99. The van der Waals surface area contributed by atoms with Crippen LogP contribution in [0.2, 0.25) is 0 Å². The minimum atomic E-state index is -0.604. The van der Waals surface area contributed by atoms with E-state index in [4.69, 9.17) is 4.74 Å². The number of hydrogen-bond acceptors (Lipinski definition) is 4. The van der Waals surface area contributed by atoms with E-state index in [2.05, 4.69) is 10.6 Å². The van der Waals surface area contributed by atoms with Crippen molar-refractivity contribution in [3.63, 3.8) is 0 Å². The van der Waals surface area contributed by atoms with Crippen molar-refractivity contribution in [2.45, 2.75) is 50.8 Å². The molecule has 2 aromatic carbocycles. The van der Waals surface area contributed by atoms with E-state index in [1.807, 2.05) is 42.5 Å². The first-order valence-electron chi connectivity index (χ1n) is 12.1. The van der Waals surface area contributed by atoms with Crippen LogP contribution < -0.4 is 15.4 Å². The van der Waals surface area contributed by atoms with Crippen molar-refractivity contribution in [1.82, 2.24) is 10.6 Å². The van der Waals surface area contributed by atoms with Crippen molar-refractivity contribution in [2.75, 3.05) is 13.2 Å². The first kappa shape index (κ1) is 21.5. The van der Waals surface area contributed by atoms with E-state index >= 15 is 0 Å². The maximum absolute atomic E-state index is 12.7. The quantitative estimate of drug-likeness (QED) is 0.562. The highest BCUT2D eigenvalue weighted by molar-refractivity contribution is 5.96. The largest absolute Gasteiger partial charge is 0.490 e. The molecule has 0 heterocycles. The second kappa shape index (κ2) is 9.63. The lowest BCUT2D eigenvalue weighted by Gasteiger charge is -2.54. The average molecular weight is 435 g/mol. The minimum Gasteiger partial charge on any atom is -0.490 e. The molecule has 6 rings (SSSR count). The van der Waals surface area contributed by atoms with E-state index in [0.29, 0.717) is 30.4 Å². The van der Waals surface area contributed by atoms with Gasteiger partial charge in [-0.05, 0) is 73.5 Å². The van der Waals surface area contributed by atoms with Gasteiger partial charge in [0, 0.05) is 19.1 Å². The first-order valence-corrected chi connectivity index (χ1v) is 12.1. The number of benzene rings is 2. The zero-order valence-electron chi connectivity index (χ0n) is 18.6. The fourth-order valence-corrected chi connectivity index (χ4v) is 6.43. The molecule has 32 heavy (non-hydrogen) atoms. The molecule has 1 unspecified atom stereocenters. The fraction of sp³-hybridized carbons (Fsp3) is 0.519. The Morgan fingerprint density at radius 2 is 1.59 bits per heavy atom. The Morgan fingerprint density at radius 1 is 0.938 bits per heavy atom. The normalized spacial score (nSPS) is 29.0. The van der Waals surface area contributed by atoms with E-state index in [-0.39, 0.29) is 12.5 Å². The molecule has 0 saturated heterocycles. The molecular formula is C27H34N2O3. The summed E-state index contributed by atoms with van der Waals surface area (Å²) in [6, 6.07) is 17.6. The SMILES string of the molecule is O=C(NCc1ccccc1)c1ccccc1OCC(O)CNC1C2CC3CC(C2)CC1C3. The van der Waals surface area contributed by atoms with Gasteiger partial charge in [0.25, 0.3) is 5.91 Å². The van der Waals surface area contributed by atoms with Crippen LogP contribution in [0.5, 0.6) is 5.75 Å². The second-order valence-corrected chi connectivity index (χ2v) is 9.99. The third-order valence-corrected chi connectivity index (χ3v) is 7.67. The van der Waals surface area contributed by atoms with Crippen LogP contribution in [-0.2, 0) is 6.54 Å². The number of aliphatic hydroxyl groups excluding tert-OH is 1. The zero-order valence-corrected chi connectivity index (χ0v) is 18.6. The van der Waals surface area contributed by atoms with Crippen molar-refractivity contribution in [2.24, 2.45) is 23.7 Å². The highest BCUT2D eigenvalue weighted by Crippen LogP contribution is 2.53. The summed E-state index contributed by atoms with van der Waals surface area (Å²) in [7, 11) is 0. The van der Waals surface area contributed by atoms with Gasteiger partial charge in [-0.2, -0.15) is 0 Å². The molecule has 4 fully saturated rings. The lowest BCUT2D eigenvalue weighted by molar-refractivity contribution is -0.0189. The smallest absolute Gasteiger partial charge is 0.255 e. The van der Waals surface area contributed by atoms with E-state index in [1.54, 1.807) is 12.1 Å². The predicted octanol–water partition coefficient (Wildman–Crippen LogP) is 3.77. The zero-order chi connectivity index (χ0) is 21.9. The van der Waals surface area contributed by atoms with Gasteiger partial charge in [0.05, 0.1) is 5.56 Å². The van der Waals surface area contributed by atoms with E-state index in [0.717, 1.165) is 29.2 Å². The average Bonchev–Trinajstić information content (AvgIpc) is 2.81. The molecule has 3 N–H and O–H groups in total. The van der Waals surface area contributed by atoms with Crippen LogP contribution in [0.1, 0.15) is 48.0 Å². The van der Waals surface area contributed by atoms with Gasteiger partial charge in [-0.1, -0.05) is 42.5 Å². The van der Waals surface area contributed by atoms with Gasteiger partial charge >= 0.3 is 0 Å². The molecule has 170 valence electrons. The monoisotopic (exact) mass is 434 g/mol. The molecule has 0 aromatic heterocycles. The Labute approximate surface area is 190 Å². The number of carbonyl (C=O) groups is 1. The number of amides is 1. The van der Waals surface area contributed by atoms with Gasteiger partial charge in [-0.25, -0.2) is 0 Å². The number of carbonyl (C=O) groups excluding carboxylic acids is 1. The molecule has 0 spiro atoms. The van der Waals surface area contributed by atoms with Gasteiger partial charge in [-0.3, -0.25) is 4.79 Å². The summed E-state index contributed by atoms with van der Waals surface area (Å²) < 4.78 is 5.88. The molecular weight excluding hydrogens is 400 g/mol. The van der Waals surface area contributed by atoms with Crippen molar-refractivity contribution in [3.8, 4) is 5.75 Å². The summed E-state index contributed by atoms with van der Waals surface area (Å²) >= 11 is 0. The highest BCUT2D eigenvalue weighted by atomic mass is 16.5. The van der Waals surface area contributed by atoms with Crippen molar-refractivity contribution in [3.05, 3.63) is 65.7 Å².